The van der Waals surface area contributed by atoms with Crippen LogP contribution in [-0.4, -0.2) is 38.2 Å². The van der Waals surface area contributed by atoms with Gasteiger partial charge in [0.15, 0.2) is 21.4 Å². The maximum atomic E-state index is 13.3. The van der Waals surface area contributed by atoms with E-state index in [4.69, 9.17) is 9.26 Å². The number of carbonyl (C=O) groups is 2. The number of nitrogens with zero attached hydrogens (tertiary/aromatic N) is 1. The maximum Gasteiger partial charge on any atom is 0.361 e. The first-order valence-corrected chi connectivity index (χ1v) is 11.2. The number of benzene rings is 1. The Morgan fingerprint density at radius 2 is 2.04 bits per heavy atom. The van der Waals surface area contributed by atoms with Crippen LogP contribution in [0.2, 0.25) is 0 Å². The van der Waals surface area contributed by atoms with Crippen LogP contribution in [0.3, 0.4) is 0 Å². The van der Waals surface area contributed by atoms with E-state index in [2.05, 4.69) is 21.1 Å². The van der Waals surface area contributed by atoms with E-state index in [-0.39, 0.29) is 35.1 Å². The van der Waals surface area contributed by atoms with Crippen LogP contribution < -0.4 is 0 Å². The topological polar surface area (TPSA) is 104 Å². The second-order valence-corrected chi connectivity index (χ2v) is 9.42. The lowest BCUT2D eigenvalue weighted by molar-refractivity contribution is 0.0512. The van der Waals surface area contributed by atoms with Crippen molar-refractivity contribution in [2.24, 2.45) is 0 Å². The lowest BCUT2D eigenvalue weighted by Crippen LogP contribution is -2.15. The summed E-state index contributed by atoms with van der Waals surface area (Å²) >= 11 is 3.32. The molecule has 144 valence electrons. The molecule has 1 saturated carbocycles. The van der Waals surface area contributed by atoms with Gasteiger partial charge in [0.2, 0.25) is 5.69 Å². The number of carbonyl (C=O) groups excluding carboxylic acids is 2. The zero-order valence-electron chi connectivity index (χ0n) is 14.8. The van der Waals surface area contributed by atoms with Gasteiger partial charge in [-0.05, 0) is 31.4 Å². The van der Waals surface area contributed by atoms with E-state index in [9.17, 15) is 18.0 Å². The molecule has 1 aromatic carbocycles. The number of hydrogen-bond acceptors (Lipinski definition) is 7. The van der Waals surface area contributed by atoms with E-state index in [1.807, 2.05) is 0 Å². The number of ketones is 1. The summed E-state index contributed by atoms with van der Waals surface area (Å²) in [4.78, 5) is 25.6. The van der Waals surface area contributed by atoms with Crippen molar-refractivity contribution in [2.45, 2.75) is 31.4 Å². The third-order valence-electron chi connectivity index (χ3n) is 4.13. The molecule has 0 N–H and O–H groups in total. The van der Waals surface area contributed by atoms with E-state index >= 15 is 0 Å². The lowest BCUT2D eigenvalue weighted by atomic mass is 9.96. The predicted molar refractivity (Wildman–Crippen MR) is 101 cm³/mol. The quantitative estimate of drug-likeness (QED) is 0.465. The molecule has 0 radical (unpaired) electrons. The first-order chi connectivity index (χ1) is 12.7. The molecule has 1 aliphatic rings. The summed E-state index contributed by atoms with van der Waals surface area (Å²) in [7, 11) is -3.39. The number of sulfone groups is 1. The molecule has 0 spiro atoms. The van der Waals surface area contributed by atoms with Gasteiger partial charge in [-0.1, -0.05) is 33.2 Å². The van der Waals surface area contributed by atoms with Crippen molar-refractivity contribution in [3.63, 3.8) is 0 Å². The molecule has 7 nitrogen and oxygen atoms in total. The largest absolute Gasteiger partial charge is 0.461 e. The Balaban J connectivity index is 2.13. The maximum absolute atomic E-state index is 13.3. The van der Waals surface area contributed by atoms with E-state index in [1.54, 1.807) is 19.1 Å². The molecule has 0 bridgehead atoms. The number of rotatable bonds is 7. The molecular weight excluding hydrogens is 438 g/mol. The van der Waals surface area contributed by atoms with Crippen molar-refractivity contribution in [1.29, 1.82) is 0 Å². The highest BCUT2D eigenvalue weighted by molar-refractivity contribution is 9.10. The van der Waals surface area contributed by atoms with Crippen LogP contribution in [0, 0.1) is 0 Å². The smallest absolute Gasteiger partial charge is 0.361 e. The zero-order chi connectivity index (χ0) is 19.8. The van der Waals surface area contributed by atoms with Gasteiger partial charge < -0.3 is 9.26 Å². The molecule has 2 aromatic rings. The standard InChI is InChI=1S/C18H18BrNO6S/c1-3-25-18(22)15-14(17(26-20-15)10-7-8-10)16(21)11-5-4-6-13(19)12(11)9-27(2,23)24/h4-6,10H,3,7-9H2,1-2H3. The molecule has 1 heterocycles. The minimum absolute atomic E-state index is 0.0325. The number of ether oxygens (including phenoxy) is 1. The Labute approximate surface area is 165 Å². The second-order valence-electron chi connectivity index (χ2n) is 6.43. The minimum atomic E-state index is -3.39. The van der Waals surface area contributed by atoms with Crippen molar-refractivity contribution < 1.29 is 27.3 Å². The highest BCUT2D eigenvalue weighted by atomic mass is 79.9. The monoisotopic (exact) mass is 455 g/mol. The fourth-order valence-corrected chi connectivity index (χ4v) is 4.33. The fourth-order valence-electron chi connectivity index (χ4n) is 2.80. The number of aromatic nitrogens is 1. The molecule has 0 unspecified atom stereocenters. The summed E-state index contributed by atoms with van der Waals surface area (Å²) in [5.41, 5.74) is 0.408. The van der Waals surface area contributed by atoms with Crippen molar-refractivity contribution in [3.8, 4) is 0 Å². The Morgan fingerprint density at radius 1 is 1.33 bits per heavy atom. The molecule has 0 atom stereocenters. The van der Waals surface area contributed by atoms with Gasteiger partial charge in [0, 0.05) is 22.2 Å². The average molecular weight is 456 g/mol. The van der Waals surface area contributed by atoms with E-state index in [0.717, 1.165) is 19.1 Å². The Bertz CT molecular complexity index is 1010. The van der Waals surface area contributed by atoms with Crippen LogP contribution in [0.25, 0.3) is 0 Å². The summed E-state index contributed by atoms with van der Waals surface area (Å²) in [6.45, 7) is 1.79. The second kappa shape index (κ2) is 7.55. The van der Waals surface area contributed by atoms with E-state index in [0.29, 0.717) is 15.8 Å². The van der Waals surface area contributed by atoms with Crippen LogP contribution in [0.15, 0.2) is 27.2 Å². The van der Waals surface area contributed by atoms with E-state index in [1.165, 1.54) is 6.07 Å². The minimum Gasteiger partial charge on any atom is -0.461 e. The average Bonchev–Trinajstić information content (AvgIpc) is 3.33. The Kier molecular flexibility index (Phi) is 5.53. The summed E-state index contributed by atoms with van der Waals surface area (Å²) in [6, 6.07) is 4.84. The van der Waals surface area contributed by atoms with Gasteiger partial charge in [-0.2, -0.15) is 0 Å². The van der Waals surface area contributed by atoms with Gasteiger partial charge in [0.25, 0.3) is 0 Å². The Hall–Kier alpha value is -2.00. The normalized spacial score (nSPS) is 14.2. The highest BCUT2D eigenvalue weighted by Gasteiger charge is 2.38. The number of hydrogen-bond donors (Lipinski definition) is 0. The first kappa shape index (κ1) is 19.8. The van der Waals surface area contributed by atoms with Crippen LogP contribution >= 0.6 is 15.9 Å². The van der Waals surface area contributed by atoms with Crippen molar-refractivity contribution in [1.82, 2.24) is 5.16 Å². The van der Waals surface area contributed by atoms with Crippen LogP contribution in [0.5, 0.6) is 0 Å². The van der Waals surface area contributed by atoms with E-state index < -0.39 is 21.6 Å². The third kappa shape index (κ3) is 4.30. The fraction of sp³-hybridized carbons (Fsp3) is 0.389. The van der Waals surface area contributed by atoms with Crippen LogP contribution in [-0.2, 0) is 20.3 Å². The van der Waals surface area contributed by atoms with Gasteiger partial charge in [-0.25, -0.2) is 13.2 Å². The SMILES string of the molecule is CCOC(=O)c1noc(C2CC2)c1C(=O)c1cccc(Br)c1CS(C)(=O)=O. The van der Waals surface area contributed by atoms with Gasteiger partial charge in [0.1, 0.15) is 5.56 Å². The summed E-state index contributed by atoms with van der Waals surface area (Å²) in [5, 5.41) is 3.77. The molecule has 3 rings (SSSR count). The molecule has 1 aliphatic carbocycles. The molecule has 0 saturated heterocycles. The lowest BCUT2D eigenvalue weighted by Gasteiger charge is -2.11. The molecule has 0 amide bonds. The molecule has 1 fully saturated rings. The van der Waals surface area contributed by atoms with Gasteiger partial charge in [-0.15, -0.1) is 0 Å². The van der Waals surface area contributed by atoms with Crippen LogP contribution in [0.1, 0.15) is 63.4 Å². The predicted octanol–water partition coefficient (Wildman–Crippen LogP) is 3.27. The Morgan fingerprint density at radius 3 is 2.63 bits per heavy atom. The van der Waals surface area contributed by atoms with Gasteiger partial charge in [-0.3, -0.25) is 4.79 Å². The number of esters is 1. The molecule has 27 heavy (non-hydrogen) atoms. The first-order valence-electron chi connectivity index (χ1n) is 8.39. The van der Waals surface area contributed by atoms with Crippen LogP contribution in [0.4, 0.5) is 0 Å². The van der Waals surface area contributed by atoms with Gasteiger partial charge in [0.05, 0.1) is 12.4 Å². The molecule has 9 heteroatoms. The third-order valence-corrected chi connectivity index (χ3v) is 5.69. The van der Waals surface area contributed by atoms with Gasteiger partial charge >= 0.3 is 5.97 Å². The highest BCUT2D eigenvalue weighted by Crippen LogP contribution is 2.43. The molecule has 0 aliphatic heterocycles. The van der Waals surface area contributed by atoms with Crippen molar-refractivity contribution in [2.75, 3.05) is 12.9 Å². The summed E-state index contributed by atoms with van der Waals surface area (Å²) in [6.07, 6.45) is 2.78. The van der Waals surface area contributed by atoms with Crippen molar-refractivity contribution in [3.05, 3.63) is 50.8 Å². The number of halogens is 1. The zero-order valence-corrected chi connectivity index (χ0v) is 17.2. The van der Waals surface area contributed by atoms with Crippen molar-refractivity contribution >= 4 is 37.5 Å². The molecular formula is C18H18BrNO6S. The molecule has 1 aromatic heterocycles. The summed E-state index contributed by atoms with van der Waals surface area (Å²) in [5.74, 6) is -1.16. The summed E-state index contributed by atoms with van der Waals surface area (Å²) < 4.78 is 34.4.